The number of anilines is 1. The lowest BCUT2D eigenvalue weighted by molar-refractivity contribution is 0.0934. The number of benzene rings is 1. The highest BCUT2D eigenvalue weighted by molar-refractivity contribution is 6.07. The van der Waals surface area contributed by atoms with Gasteiger partial charge in [0, 0.05) is 75.5 Å². The van der Waals surface area contributed by atoms with Gasteiger partial charge in [-0.1, -0.05) is 18.2 Å². The van der Waals surface area contributed by atoms with E-state index in [9.17, 15) is 14.7 Å². The summed E-state index contributed by atoms with van der Waals surface area (Å²) in [6, 6.07) is 13.8. The number of likely N-dealkylation sites (N-methyl/N-ethyl adjacent to an activating group) is 1. The van der Waals surface area contributed by atoms with E-state index in [4.69, 9.17) is 14.7 Å². The van der Waals surface area contributed by atoms with Crippen molar-refractivity contribution in [1.29, 1.82) is 0 Å². The van der Waals surface area contributed by atoms with Crippen molar-refractivity contribution in [2.24, 2.45) is 17.8 Å². The number of nitrogens with zero attached hydrogens (tertiary/aromatic N) is 5. The molecule has 0 radical (unpaired) electrons. The second kappa shape index (κ2) is 13.9. The molecule has 1 saturated carbocycles. The number of piperazine rings is 1. The summed E-state index contributed by atoms with van der Waals surface area (Å²) in [5.74, 6) is 1.93. The summed E-state index contributed by atoms with van der Waals surface area (Å²) in [4.78, 5) is 41.3. The van der Waals surface area contributed by atoms with Crippen LogP contribution in [0.1, 0.15) is 42.5 Å². The van der Waals surface area contributed by atoms with Gasteiger partial charge in [-0.3, -0.25) is 4.79 Å². The summed E-state index contributed by atoms with van der Waals surface area (Å²) in [5, 5.41) is 13.8. The molecule has 2 amide bonds. The quantitative estimate of drug-likeness (QED) is 0.367. The Morgan fingerprint density at radius 2 is 1.73 bits per heavy atom. The minimum Gasteiger partial charge on any atom is -0.465 e. The van der Waals surface area contributed by atoms with Crippen LogP contribution < -0.4 is 10.2 Å². The molecule has 1 atom stereocenters. The fraction of sp³-hybridized carbons (Fsp3) is 0.529. The molecule has 3 fully saturated rings. The predicted molar refractivity (Wildman–Crippen MR) is 171 cm³/mol. The number of amides is 2. The topological polar surface area (TPSA) is 111 Å². The number of carbonyl (C=O) groups is 2. The smallest absolute Gasteiger partial charge is 0.407 e. The van der Waals surface area contributed by atoms with Crippen molar-refractivity contribution in [2.45, 2.75) is 32.1 Å². The standard InChI is InChI=1S/C34H44N6O4/c1-38-13-15-39(16-14-38)32-11-10-27(20-35-32)31-18-29(28-4-2-3-5-30(28)37-31)33(41)36-19-24-6-8-25(9-7-24)21-40(34(42)43)22-26-12-17-44-23-26/h2-5,10-11,18,20,24-26H,6-9,12-17,19,21-23H2,1H3,(H,36,41)(H,42,43)/t24-,25-,26?. The summed E-state index contributed by atoms with van der Waals surface area (Å²) in [7, 11) is 2.14. The Morgan fingerprint density at radius 3 is 2.43 bits per heavy atom. The zero-order valence-electron chi connectivity index (χ0n) is 25.7. The van der Waals surface area contributed by atoms with Gasteiger partial charge in [-0.05, 0) is 75.3 Å². The molecular weight excluding hydrogens is 556 g/mol. The van der Waals surface area contributed by atoms with Crippen LogP contribution in [-0.2, 0) is 4.74 Å². The maximum absolute atomic E-state index is 13.6. The maximum Gasteiger partial charge on any atom is 0.407 e. The third-order valence-electron chi connectivity index (χ3n) is 9.60. The molecule has 10 nitrogen and oxygen atoms in total. The molecule has 2 saturated heterocycles. The lowest BCUT2D eigenvalue weighted by Gasteiger charge is -2.33. The number of pyridine rings is 2. The molecule has 234 valence electrons. The highest BCUT2D eigenvalue weighted by Crippen LogP contribution is 2.30. The summed E-state index contributed by atoms with van der Waals surface area (Å²) in [5.41, 5.74) is 3.03. The van der Waals surface area contributed by atoms with Gasteiger partial charge >= 0.3 is 6.09 Å². The number of carboxylic acid groups (broad SMARTS) is 1. The molecule has 10 heteroatoms. The molecule has 0 bridgehead atoms. The number of carbonyl (C=O) groups excluding carboxylic acids is 1. The lowest BCUT2D eigenvalue weighted by Crippen LogP contribution is -2.44. The average molecular weight is 601 g/mol. The molecular formula is C34H44N6O4. The first-order valence-electron chi connectivity index (χ1n) is 16.1. The van der Waals surface area contributed by atoms with Crippen molar-refractivity contribution in [1.82, 2.24) is 25.1 Å². The lowest BCUT2D eigenvalue weighted by atomic mass is 9.81. The molecule has 2 aliphatic heterocycles. The third-order valence-corrected chi connectivity index (χ3v) is 9.60. The third kappa shape index (κ3) is 7.30. The zero-order valence-corrected chi connectivity index (χ0v) is 25.7. The van der Waals surface area contributed by atoms with Gasteiger partial charge in [0.25, 0.3) is 5.91 Å². The number of ether oxygens (including phenoxy) is 1. The van der Waals surface area contributed by atoms with E-state index in [0.717, 1.165) is 92.9 Å². The minimum atomic E-state index is -0.836. The summed E-state index contributed by atoms with van der Waals surface area (Å²) < 4.78 is 5.44. The fourth-order valence-electron chi connectivity index (χ4n) is 6.80. The van der Waals surface area contributed by atoms with Crippen LogP contribution in [0.4, 0.5) is 10.6 Å². The number of fused-ring (bicyclic) bond motifs is 1. The molecule has 3 aromatic rings. The first-order chi connectivity index (χ1) is 21.4. The van der Waals surface area contributed by atoms with Gasteiger partial charge in [-0.15, -0.1) is 0 Å². The number of rotatable bonds is 9. The maximum atomic E-state index is 13.6. The molecule has 6 rings (SSSR count). The van der Waals surface area contributed by atoms with Gasteiger partial charge in [0.15, 0.2) is 0 Å². The van der Waals surface area contributed by atoms with Crippen LogP contribution in [0.15, 0.2) is 48.7 Å². The Kier molecular flexibility index (Phi) is 9.57. The molecule has 1 unspecified atom stereocenters. The second-order valence-corrected chi connectivity index (χ2v) is 12.8. The van der Waals surface area contributed by atoms with E-state index in [1.807, 2.05) is 48.7 Å². The van der Waals surface area contributed by atoms with Crippen molar-refractivity contribution in [3.8, 4) is 11.3 Å². The Labute approximate surface area is 259 Å². The number of para-hydroxylation sites is 1. The number of aromatic nitrogens is 2. The van der Waals surface area contributed by atoms with E-state index in [-0.39, 0.29) is 5.91 Å². The van der Waals surface area contributed by atoms with E-state index in [2.05, 4.69) is 22.2 Å². The van der Waals surface area contributed by atoms with Gasteiger partial charge in [0.2, 0.25) is 0 Å². The van der Waals surface area contributed by atoms with E-state index >= 15 is 0 Å². The van der Waals surface area contributed by atoms with Gasteiger partial charge < -0.3 is 29.9 Å². The Morgan fingerprint density at radius 1 is 0.977 bits per heavy atom. The predicted octanol–water partition coefficient (Wildman–Crippen LogP) is 4.60. The summed E-state index contributed by atoms with van der Waals surface area (Å²) >= 11 is 0. The molecule has 1 aromatic carbocycles. The first kappa shape index (κ1) is 30.3. The summed E-state index contributed by atoms with van der Waals surface area (Å²) in [6.07, 6.45) is 5.88. The van der Waals surface area contributed by atoms with Gasteiger partial charge in [0.05, 0.1) is 23.4 Å². The molecule has 2 aromatic heterocycles. The van der Waals surface area contributed by atoms with Crippen LogP contribution in [0.5, 0.6) is 0 Å². The normalized spacial score (nSPS) is 22.7. The molecule has 44 heavy (non-hydrogen) atoms. The molecule has 3 aliphatic rings. The molecule has 0 spiro atoms. The SMILES string of the molecule is CN1CCN(c2ccc(-c3cc(C(=O)NC[C@H]4CC[C@H](CN(CC5CCOC5)C(=O)O)CC4)c4ccccc4n3)cn2)CC1. The van der Waals surface area contributed by atoms with E-state index < -0.39 is 6.09 Å². The number of hydrogen-bond donors (Lipinski definition) is 2. The van der Waals surface area contributed by atoms with E-state index in [0.29, 0.717) is 49.6 Å². The van der Waals surface area contributed by atoms with Gasteiger partial charge in [-0.2, -0.15) is 0 Å². The average Bonchev–Trinajstić information content (AvgIpc) is 3.57. The highest BCUT2D eigenvalue weighted by Gasteiger charge is 2.28. The Hall–Kier alpha value is -3.76. The van der Waals surface area contributed by atoms with Crippen LogP contribution in [0.25, 0.3) is 22.2 Å². The number of hydrogen-bond acceptors (Lipinski definition) is 7. The van der Waals surface area contributed by atoms with Crippen LogP contribution in [-0.4, -0.2) is 103 Å². The largest absolute Gasteiger partial charge is 0.465 e. The Balaban J connectivity index is 1.07. The van der Waals surface area contributed by atoms with Crippen molar-refractivity contribution in [2.75, 3.05) is 71.0 Å². The zero-order chi connectivity index (χ0) is 30.5. The fourth-order valence-corrected chi connectivity index (χ4v) is 6.80. The molecule has 4 heterocycles. The first-order valence-corrected chi connectivity index (χ1v) is 16.1. The van der Waals surface area contributed by atoms with E-state index in [1.54, 1.807) is 4.90 Å². The second-order valence-electron chi connectivity index (χ2n) is 12.8. The Bertz CT molecular complexity index is 1430. The monoisotopic (exact) mass is 600 g/mol. The van der Waals surface area contributed by atoms with Crippen LogP contribution in [0.2, 0.25) is 0 Å². The van der Waals surface area contributed by atoms with Crippen LogP contribution in [0.3, 0.4) is 0 Å². The van der Waals surface area contributed by atoms with Gasteiger partial charge in [-0.25, -0.2) is 14.8 Å². The highest BCUT2D eigenvalue weighted by atomic mass is 16.5. The van der Waals surface area contributed by atoms with Crippen LogP contribution in [0, 0.1) is 17.8 Å². The van der Waals surface area contributed by atoms with Crippen LogP contribution >= 0.6 is 0 Å². The summed E-state index contributed by atoms with van der Waals surface area (Å²) in [6.45, 7) is 7.11. The number of nitrogens with one attached hydrogen (secondary N) is 1. The van der Waals surface area contributed by atoms with Crippen molar-refractivity contribution < 1.29 is 19.4 Å². The minimum absolute atomic E-state index is 0.0928. The van der Waals surface area contributed by atoms with Crippen molar-refractivity contribution in [3.05, 3.63) is 54.2 Å². The van der Waals surface area contributed by atoms with E-state index in [1.165, 1.54) is 0 Å². The molecule has 2 N–H and O–H groups in total. The van der Waals surface area contributed by atoms with Gasteiger partial charge in [0.1, 0.15) is 5.82 Å². The van der Waals surface area contributed by atoms with Crippen molar-refractivity contribution in [3.63, 3.8) is 0 Å². The van der Waals surface area contributed by atoms with Crippen molar-refractivity contribution >= 4 is 28.7 Å². The molecule has 1 aliphatic carbocycles.